The van der Waals surface area contributed by atoms with Gasteiger partial charge in [-0.2, -0.15) is 0 Å². The van der Waals surface area contributed by atoms with Crippen molar-refractivity contribution in [3.63, 3.8) is 0 Å². The van der Waals surface area contributed by atoms with Crippen molar-refractivity contribution in [3.8, 4) is 0 Å². The second kappa shape index (κ2) is 7.78. The zero-order chi connectivity index (χ0) is 16.0. The SMILES string of the molecule is CCC(C)N(Cc1ccc(C(=O)O)cc1)CC(C)C(=O)O. The Morgan fingerprint density at radius 3 is 2.14 bits per heavy atom. The Kier molecular flexibility index (Phi) is 6.37. The van der Waals surface area contributed by atoms with Gasteiger partial charge in [-0.1, -0.05) is 26.0 Å². The van der Waals surface area contributed by atoms with Crippen LogP contribution in [0.1, 0.15) is 43.1 Å². The van der Waals surface area contributed by atoms with E-state index >= 15 is 0 Å². The van der Waals surface area contributed by atoms with Crippen molar-refractivity contribution in [1.82, 2.24) is 4.90 Å². The number of carbonyl (C=O) groups is 2. The molecule has 2 unspecified atom stereocenters. The largest absolute Gasteiger partial charge is 0.481 e. The van der Waals surface area contributed by atoms with Crippen LogP contribution in [-0.4, -0.2) is 39.6 Å². The number of carboxylic acid groups (broad SMARTS) is 2. The highest BCUT2D eigenvalue weighted by Gasteiger charge is 2.20. The zero-order valence-electron chi connectivity index (χ0n) is 12.7. The molecular weight excluding hydrogens is 270 g/mol. The second-order valence-corrected chi connectivity index (χ2v) is 5.43. The third kappa shape index (κ3) is 5.19. The Morgan fingerprint density at radius 1 is 1.14 bits per heavy atom. The van der Waals surface area contributed by atoms with Crippen molar-refractivity contribution in [2.24, 2.45) is 5.92 Å². The molecule has 1 aromatic carbocycles. The van der Waals surface area contributed by atoms with Gasteiger partial charge in [0.25, 0.3) is 0 Å². The predicted octanol–water partition coefficient (Wildman–Crippen LogP) is 2.71. The van der Waals surface area contributed by atoms with Crippen LogP contribution in [0.15, 0.2) is 24.3 Å². The van der Waals surface area contributed by atoms with Gasteiger partial charge < -0.3 is 10.2 Å². The molecule has 2 N–H and O–H groups in total. The summed E-state index contributed by atoms with van der Waals surface area (Å²) in [7, 11) is 0. The van der Waals surface area contributed by atoms with Crippen molar-refractivity contribution in [2.75, 3.05) is 6.54 Å². The van der Waals surface area contributed by atoms with E-state index in [1.807, 2.05) is 0 Å². The van der Waals surface area contributed by atoms with E-state index in [0.717, 1.165) is 12.0 Å². The Balaban J connectivity index is 2.80. The molecule has 0 aliphatic rings. The second-order valence-electron chi connectivity index (χ2n) is 5.43. The summed E-state index contributed by atoms with van der Waals surface area (Å²) in [5, 5.41) is 17.9. The maximum Gasteiger partial charge on any atom is 0.335 e. The van der Waals surface area contributed by atoms with Crippen LogP contribution in [0.25, 0.3) is 0 Å². The molecule has 0 heterocycles. The highest BCUT2D eigenvalue weighted by Crippen LogP contribution is 2.14. The fraction of sp³-hybridized carbons (Fsp3) is 0.500. The Bertz CT molecular complexity index is 484. The molecule has 5 heteroatoms. The van der Waals surface area contributed by atoms with Crippen LogP contribution >= 0.6 is 0 Å². The number of hydrogen-bond acceptors (Lipinski definition) is 3. The molecular formula is C16H23NO4. The monoisotopic (exact) mass is 293 g/mol. The van der Waals surface area contributed by atoms with Gasteiger partial charge in [-0.15, -0.1) is 0 Å². The smallest absolute Gasteiger partial charge is 0.335 e. The summed E-state index contributed by atoms with van der Waals surface area (Å²) in [6.45, 7) is 6.93. The lowest BCUT2D eigenvalue weighted by atomic mass is 10.1. The van der Waals surface area contributed by atoms with E-state index in [1.165, 1.54) is 0 Å². The van der Waals surface area contributed by atoms with Gasteiger partial charge in [-0.05, 0) is 31.0 Å². The molecule has 0 aromatic heterocycles. The van der Waals surface area contributed by atoms with Gasteiger partial charge in [0.1, 0.15) is 0 Å². The average Bonchev–Trinajstić information content (AvgIpc) is 2.45. The summed E-state index contributed by atoms with van der Waals surface area (Å²) in [5.41, 5.74) is 1.24. The van der Waals surface area contributed by atoms with Gasteiger partial charge >= 0.3 is 11.9 Å². The van der Waals surface area contributed by atoms with Gasteiger partial charge in [0.2, 0.25) is 0 Å². The van der Waals surface area contributed by atoms with Crippen molar-refractivity contribution < 1.29 is 19.8 Å². The maximum absolute atomic E-state index is 11.0. The van der Waals surface area contributed by atoms with Crippen molar-refractivity contribution >= 4 is 11.9 Å². The molecule has 0 aliphatic carbocycles. The summed E-state index contributed by atoms with van der Waals surface area (Å²) in [4.78, 5) is 24.0. The van der Waals surface area contributed by atoms with E-state index in [0.29, 0.717) is 13.1 Å². The Labute approximate surface area is 125 Å². The quantitative estimate of drug-likeness (QED) is 0.770. The minimum Gasteiger partial charge on any atom is -0.481 e. The molecule has 0 bridgehead atoms. The number of hydrogen-bond donors (Lipinski definition) is 2. The molecule has 5 nitrogen and oxygen atoms in total. The summed E-state index contributed by atoms with van der Waals surface area (Å²) in [5.74, 6) is -2.18. The number of aliphatic carboxylic acids is 1. The minimum absolute atomic E-state index is 0.257. The third-order valence-electron chi connectivity index (χ3n) is 3.73. The molecule has 0 fully saturated rings. The van der Waals surface area contributed by atoms with Gasteiger partial charge in [-0.25, -0.2) is 4.79 Å². The number of benzene rings is 1. The lowest BCUT2D eigenvalue weighted by Gasteiger charge is -2.30. The van der Waals surface area contributed by atoms with Gasteiger partial charge in [-0.3, -0.25) is 9.69 Å². The molecule has 2 atom stereocenters. The van der Waals surface area contributed by atoms with Crippen LogP contribution in [0.3, 0.4) is 0 Å². The number of rotatable bonds is 8. The summed E-state index contributed by atoms with van der Waals surface area (Å²) < 4.78 is 0. The standard InChI is InChI=1S/C16H23NO4/c1-4-12(3)17(9-11(2)15(18)19)10-13-5-7-14(8-6-13)16(20)21/h5-8,11-12H,4,9-10H2,1-3H3,(H,18,19)(H,20,21). The van der Waals surface area contributed by atoms with E-state index in [4.69, 9.17) is 10.2 Å². The molecule has 0 saturated carbocycles. The minimum atomic E-state index is -0.945. The predicted molar refractivity (Wildman–Crippen MR) is 80.4 cm³/mol. The molecule has 116 valence electrons. The number of nitrogens with zero attached hydrogens (tertiary/aromatic N) is 1. The summed E-state index contributed by atoms with van der Waals surface area (Å²) in [6, 6.07) is 6.99. The molecule has 0 amide bonds. The number of carboxylic acids is 2. The lowest BCUT2D eigenvalue weighted by molar-refractivity contribution is -0.142. The zero-order valence-corrected chi connectivity index (χ0v) is 12.7. The van der Waals surface area contributed by atoms with Crippen LogP contribution in [-0.2, 0) is 11.3 Å². The van der Waals surface area contributed by atoms with E-state index in [-0.39, 0.29) is 11.6 Å². The van der Waals surface area contributed by atoms with E-state index < -0.39 is 17.9 Å². The van der Waals surface area contributed by atoms with Crippen LogP contribution in [0.2, 0.25) is 0 Å². The van der Waals surface area contributed by atoms with Gasteiger partial charge in [0.15, 0.2) is 0 Å². The fourth-order valence-corrected chi connectivity index (χ4v) is 2.08. The highest BCUT2D eigenvalue weighted by molar-refractivity contribution is 5.87. The molecule has 0 aliphatic heterocycles. The summed E-state index contributed by atoms with van der Waals surface area (Å²) >= 11 is 0. The molecule has 1 rings (SSSR count). The average molecular weight is 293 g/mol. The number of aromatic carboxylic acids is 1. The van der Waals surface area contributed by atoms with Crippen LogP contribution < -0.4 is 0 Å². The highest BCUT2D eigenvalue weighted by atomic mass is 16.4. The van der Waals surface area contributed by atoms with Crippen molar-refractivity contribution in [1.29, 1.82) is 0 Å². The van der Waals surface area contributed by atoms with Gasteiger partial charge in [0.05, 0.1) is 11.5 Å². The van der Waals surface area contributed by atoms with Crippen molar-refractivity contribution in [2.45, 2.75) is 39.8 Å². The molecule has 21 heavy (non-hydrogen) atoms. The van der Waals surface area contributed by atoms with Crippen LogP contribution in [0, 0.1) is 5.92 Å². The lowest BCUT2D eigenvalue weighted by Crippen LogP contribution is -2.37. The first-order valence-electron chi connectivity index (χ1n) is 7.14. The Morgan fingerprint density at radius 2 is 1.71 bits per heavy atom. The first-order chi connectivity index (χ1) is 9.85. The van der Waals surface area contributed by atoms with Crippen molar-refractivity contribution in [3.05, 3.63) is 35.4 Å². The first kappa shape index (κ1) is 17.2. The molecule has 0 saturated heterocycles. The summed E-state index contributed by atoms with van der Waals surface area (Å²) in [6.07, 6.45) is 0.930. The first-order valence-corrected chi connectivity index (χ1v) is 7.14. The van der Waals surface area contributed by atoms with E-state index in [9.17, 15) is 9.59 Å². The Hall–Kier alpha value is -1.88. The topological polar surface area (TPSA) is 77.8 Å². The van der Waals surface area contributed by atoms with Crippen LogP contribution in [0.4, 0.5) is 0 Å². The molecule has 0 spiro atoms. The normalized spacial score (nSPS) is 13.9. The fourth-order valence-electron chi connectivity index (χ4n) is 2.08. The van der Waals surface area contributed by atoms with Gasteiger partial charge in [0, 0.05) is 19.1 Å². The molecule has 0 radical (unpaired) electrons. The third-order valence-corrected chi connectivity index (χ3v) is 3.73. The molecule has 1 aromatic rings. The van der Waals surface area contributed by atoms with E-state index in [2.05, 4.69) is 18.7 Å². The van der Waals surface area contributed by atoms with E-state index in [1.54, 1.807) is 31.2 Å². The van der Waals surface area contributed by atoms with Crippen LogP contribution in [0.5, 0.6) is 0 Å². The maximum atomic E-state index is 11.0.